The van der Waals surface area contributed by atoms with Gasteiger partial charge in [-0.15, -0.1) is 0 Å². The highest BCUT2D eigenvalue weighted by Gasteiger charge is 2.05. The Balaban J connectivity index is 1.84. The van der Waals surface area contributed by atoms with E-state index < -0.39 is 0 Å². The van der Waals surface area contributed by atoms with Crippen molar-refractivity contribution >= 4 is 5.69 Å². The Kier molecular flexibility index (Phi) is 4.23. The van der Waals surface area contributed by atoms with E-state index in [0.29, 0.717) is 23.6 Å². The predicted molar refractivity (Wildman–Crippen MR) is 73.0 cm³/mol. The molecule has 0 aliphatic heterocycles. The Bertz CT molecular complexity index is 558. The maximum atomic E-state index is 13.6. The van der Waals surface area contributed by atoms with Gasteiger partial charge in [0.15, 0.2) is 11.6 Å². The quantitative estimate of drug-likeness (QED) is 0.664. The number of aryl methyl sites for hydroxylation is 1. The highest BCUT2D eigenvalue weighted by molar-refractivity contribution is 5.51. The van der Waals surface area contributed by atoms with Crippen molar-refractivity contribution in [3.8, 4) is 11.5 Å². The van der Waals surface area contributed by atoms with Crippen molar-refractivity contribution in [1.29, 1.82) is 0 Å². The highest BCUT2D eigenvalue weighted by Crippen LogP contribution is 2.21. The molecule has 19 heavy (non-hydrogen) atoms. The lowest BCUT2D eigenvalue weighted by Crippen LogP contribution is -2.10. The van der Waals surface area contributed by atoms with Crippen LogP contribution in [0.5, 0.6) is 11.5 Å². The Hall–Kier alpha value is -2.23. The number of hydrogen-bond acceptors (Lipinski definition) is 3. The molecule has 0 saturated heterocycles. The molecule has 2 aromatic rings. The minimum absolute atomic E-state index is 0.240. The topological polar surface area (TPSA) is 44.5 Å². The summed E-state index contributed by atoms with van der Waals surface area (Å²) in [4.78, 5) is 0. The van der Waals surface area contributed by atoms with Crippen LogP contribution in [0.3, 0.4) is 0 Å². The van der Waals surface area contributed by atoms with Gasteiger partial charge in [0.2, 0.25) is 0 Å². The van der Waals surface area contributed by atoms with Crippen LogP contribution in [-0.4, -0.2) is 13.2 Å². The zero-order valence-electron chi connectivity index (χ0n) is 10.7. The van der Waals surface area contributed by atoms with Crippen LogP contribution in [0.2, 0.25) is 0 Å². The summed E-state index contributed by atoms with van der Waals surface area (Å²) in [6, 6.07) is 12.3. The van der Waals surface area contributed by atoms with Gasteiger partial charge in [-0.3, -0.25) is 0 Å². The molecule has 0 radical (unpaired) electrons. The molecule has 0 amide bonds. The molecular formula is C15H16FNO2. The van der Waals surface area contributed by atoms with Gasteiger partial charge in [0.25, 0.3) is 0 Å². The van der Waals surface area contributed by atoms with Gasteiger partial charge in [0.1, 0.15) is 19.0 Å². The van der Waals surface area contributed by atoms with E-state index in [1.807, 2.05) is 12.1 Å². The number of halogens is 1. The molecule has 0 spiro atoms. The summed E-state index contributed by atoms with van der Waals surface area (Å²) < 4.78 is 24.4. The Morgan fingerprint density at radius 3 is 2.32 bits per heavy atom. The average molecular weight is 261 g/mol. The standard InChI is InChI=1S/C15H16FNO2/c1-11-5-4-8-14(15(11)16)19-10-9-18-13-7-3-2-6-12(13)17/h2-8H,9-10,17H2,1H3. The zero-order chi connectivity index (χ0) is 13.7. The minimum Gasteiger partial charge on any atom is -0.488 e. The first-order valence-electron chi connectivity index (χ1n) is 6.03. The predicted octanol–water partition coefficient (Wildman–Crippen LogP) is 3.17. The van der Waals surface area contributed by atoms with Gasteiger partial charge in [-0.1, -0.05) is 24.3 Å². The molecule has 4 heteroatoms. The first kappa shape index (κ1) is 13.2. The number of benzene rings is 2. The normalized spacial score (nSPS) is 10.2. The molecule has 0 saturated carbocycles. The van der Waals surface area contributed by atoms with E-state index in [1.165, 1.54) is 0 Å². The summed E-state index contributed by atoms with van der Waals surface area (Å²) >= 11 is 0. The van der Waals surface area contributed by atoms with E-state index in [-0.39, 0.29) is 18.2 Å². The molecular weight excluding hydrogens is 245 g/mol. The summed E-state index contributed by atoms with van der Waals surface area (Å²) in [6.45, 7) is 2.26. The Labute approximate surface area is 111 Å². The fraction of sp³-hybridized carbons (Fsp3) is 0.200. The van der Waals surface area contributed by atoms with E-state index in [0.717, 1.165) is 0 Å². The molecule has 100 valence electrons. The van der Waals surface area contributed by atoms with Crippen molar-refractivity contribution < 1.29 is 13.9 Å². The minimum atomic E-state index is -0.332. The number of para-hydroxylation sites is 2. The van der Waals surface area contributed by atoms with Crippen molar-refractivity contribution in [2.45, 2.75) is 6.92 Å². The molecule has 2 N–H and O–H groups in total. The van der Waals surface area contributed by atoms with E-state index >= 15 is 0 Å². The lowest BCUT2D eigenvalue weighted by Gasteiger charge is -2.11. The van der Waals surface area contributed by atoms with Gasteiger partial charge in [0, 0.05) is 0 Å². The number of anilines is 1. The van der Waals surface area contributed by atoms with Crippen LogP contribution in [0.1, 0.15) is 5.56 Å². The Morgan fingerprint density at radius 1 is 0.947 bits per heavy atom. The van der Waals surface area contributed by atoms with E-state index in [9.17, 15) is 4.39 Å². The average Bonchev–Trinajstić information content (AvgIpc) is 2.41. The van der Waals surface area contributed by atoms with Crippen LogP contribution >= 0.6 is 0 Å². The number of hydrogen-bond donors (Lipinski definition) is 1. The van der Waals surface area contributed by atoms with Gasteiger partial charge < -0.3 is 15.2 Å². The highest BCUT2D eigenvalue weighted by atomic mass is 19.1. The first-order chi connectivity index (χ1) is 9.18. The number of ether oxygens (including phenoxy) is 2. The van der Waals surface area contributed by atoms with Crippen molar-refractivity contribution in [3.63, 3.8) is 0 Å². The number of nitrogen functional groups attached to an aromatic ring is 1. The van der Waals surface area contributed by atoms with Crippen molar-refractivity contribution in [2.75, 3.05) is 18.9 Å². The fourth-order valence-corrected chi connectivity index (χ4v) is 1.65. The molecule has 2 aromatic carbocycles. The van der Waals surface area contributed by atoms with E-state index in [1.54, 1.807) is 37.3 Å². The molecule has 0 aliphatic rings. The summed E-state index contributed by atoms with van der Waals surface area (Å²) in [6.07, 6.45) is 0. The maximum absolute atomic E-state index is 13.6. The largest absolute Gasteiger partial charge is 0.488 e. The fourth-order valence-electron chi connectivity index (χ4n) is 1.65. The lowest BCUT2D eigenvalue weighted by atomic mass is 10.2. The van der Waals surface area contributed by atoms with Crippen molar-refractivity contribution in [1.82, 2.24) is 0 Å². The van der Waals surface area contributed by atoms with Crippen LogP contribution < -0.4 is 15.2 Å². The van der Waals surface area contributed by atoms with Gasteiger partial charge >= 0.3 is 0 Å². The van der Waals surface area contributed by atoms with E-state index in [4.69, 9.17) is 15.2 Å². The molecule has 0 aliphatic carbocycles. The lowest BCUT2D eigenvalue weighted by molar-refractivity contribution is 0.212. The third-order valence-electron chi connectivity index (χ3n) is 2.67. The molecule has 0 heterocycles. The molecule has 0 bridgehead atoms. The molecule has 0 fully saturated rings. The summed E-state index contributed by atoms with van der Waals surface area (Å²) in [5.41, 5.74) is 6.87. The smallest absolute Gasteiger partial charge is 0.167 e. The first-order valence-corrected chi connectivity index (χ1v) is 6.03. The molecule has 2 rings (SSSR count). The summed E-state index contributed by atoms with van der Waals surface area (Å²) in [5.74, 6) is 0.516. The van der Waals surface area contributed by atoms with Crippen LogP contribution in [0.4, 0.5) is 10.1 Å². The second kappa shape index (κ2) is 6.09. The summed E-state index contributed by atoms with van der Waals surface area (Å²) in [7, 11) is 0. The van der Waals surface area contributed by atoms with Crippen LogP contribution in [0.15, 0.2) is 42.5 Å². The Morgan fingerprint density at radius 2 is 1.58 bits per heavy atom. The molecule has 0 atom stereocenters. The van der Waals surface area contributed by atoms with Gasteiger partial charge in [-0.2, -0.15) is 0 Å². The van der Waals surface area contributed by atoms with Crippen LogP contribution in [0.25, 0.3) is 0 Å². The third-order valence-corrected chi connectivity index (χ3v) is 2.67. The SMILES string of the molecule is Cc1cccc(OCCOc2ccccc2N)c1F. The second-order valence-corrected chi connectivity index (χ2v) is 4.12. The monoisotopic (exact) mass is 261 g/mol. The maximum Gasteiger partial charge on any atom is 0.167 e. The number of nitrogens with two attached hydrogens (primary N) is 1. The third kappa shape index (κ3) is 3.37. The van der Waals surface area contributed by atoms with Crippen molar-refractivity contribution in [2.24, 2.45) is 0 Å². The van der Waals surface area contributed by atoms with Gasteiger partial charge in [-0.25, -0.2) is 4.39 Å². The van der Waals surface area contributed by atoms with Crippen molar-refractivity contribution in [3.05, 3.63) is 53.8 Å². The van der Waals surface area contributed by atoms with Gasteiger partial charge in [-0.05, 0) is 30.7 Å². The zero-order valence-corrected chi connectivity index (χ0v) is 10.7. The van der Waals surface area contributed by atoms with Crippen LogP contribution in [0, 0.1) is 12.7 Å². The molecule has 3 nitrogen and oxygen atoms in total. The van der Waals surface area contributed by atoms with Crippen LogP contribution in [-0.2, 0) is 0 Å². The van der Waals surface area contributed by atoms with Gasteiger partial charge in [0.05, 0.1) is 5.69 Å². The molecule has 0 unspecified atom stereocenters. The number of rotatable bonds is 5. The molecule has 0 aromatic heterocycles. The second-order valence-electron chi connectivity index (χ2n) is 4.12. The summed E-state index contributed by atoms with van der Waals surface area (Å²) in [5, 5.41) is 0. The van der Waals surface area contributed by atoms with E-state index in [2.05, 4.69) is 0 Å².